The standard InChI is InChI=1S/C14H10.C8H6.C4H4.2W/c1-3-7-13-11(5-1)9-10-12-6-2-4-8-14(12)13;1-2-8-6-4-3-5-7-8;1-3-4-2;;/h1-10H;1-6H;1-4H;;/q;2*-2;2*+2. The second-order valence-corrected chi connectivity index (χ2v) is 5.38. The molecule has 0 nitrogen and oxygen atoms in total. The van der Waals surface area contributed by atoms with Crippen LogP contribution in [-0.4, -0.2) is 0 Å². The first-order valence-electron chi connectivity index (χ1n) is 8.26. The Morgan fingerprint density at radius 1 is 0.571 bits per heavy atom. The average Bonchev–Trinajstić information content (AvgIpc) is 2.75. The van der Waals surface area contributed by atoms with Crippen molar-refractivity contribution >= 4 is 27.6 Å². The monoisotopic (exact) mass is 700 g/mol. The van der Waals surface area contributed by atoms with Gasteiger partial charge in [-0.3, -0.25) is 0 Å². The molecule has 0 spiro atoms. The number of fused-ring (bicyclic) bond motifs is 3. The van der Waals surface area contributed by atoms with Crippen LogP contribution in [0.15, 0.2) is 97.1 Å². The largest absolute Gasteiger partial charge is 2.00 e. The summed E-state index contributed by atoms with van der Waals surface area (Å²) in [6, 6.07) is 31.9. The van der Waals surface area contributed by atoms with E-state index in [-0.39, 0.29) is 42.1 Å². The smallest absolute Gasteiger partial charge is 0.394 e. The maximum Gasteiger partial charge on any atom is 2.00 e. The van der Waals surface area contributed by atoms with Gasteiger partial charge in [0.15, 0.2) is 0 Å². The first kappa shape index (κ1) is 26.0. The predicted octanol–water partition coefficient (Wildman–Crippen LogP) is 6.89. The number of rotatable bonds is 2. The third-order valence-electron chi connectivity index (χ3n) is 3.68. The summed E-state index contributed by atoms with van der Waals surface area (Å²) in [5.74, 6) is 0. The molecule has 136 valence electrons. The number of benzene rings is 4. The molecule has 0 bridgehead atoms. The quantitative estimate of drug-likeness (QED) is 0.122. The van der Waals surface area contributed by atoms with Crippen LogP contribution in [-0.2, 0) is 42.1 Å². The van der Waals surface area contributed by atoms with Crippen molar-refractivity contribution in [2.45, 2.75) is 0 Å². The van der Waals surface area contributed by atoms with Gasteiger partial charge >= 0.3 is 42.1 Å². The molecular weight excluding hydrogens is 680 g/mol. The van der Waals surface area contributed by atoms with Gasteiger partial charge in [0.25, 0.3) is 0 Å². The fourth-order valence-corrected chi connectivity index (χ4v) is 2.47. The van der Waals surface area contributed by atoms with Crippen LogP contribution < -0.4 is 0 Å². The molecule has 0 amide bonds. The zero-order chi connectivity index (χ0) is 18.6. The minimum atomic E-state index is 0. The van der Waals surface area contributed by atoms with E-state index >= 15 is 0 Å². The van der Waals surface area contributed by atoms with E-state index in [1.807, 2.05) is 24.3 Å². The van der Waals surface area contributed by atoms with Gasteiger partial charge in [0, 0.05) is 0 Å². The van der Waals surface area contributed by atoms with Crippen LogP contribution in [0.3, 0.4) is 0 Å². The Kier molecular flexibility index (Phi) is 13.9. The van der Waals surface area contributed by atoms with E-state index in [0.29, 0.717) is 0 Å². The molecule has 0 heterocycles. The molecule has 4 rings (SSSR count). The van der Waals surface area contributed by atoms with E-state index in [1.54, 1.807) is 0 Å². The van der Waals surface area contributed by atoms with Crippen LogP contribution in [0, 0.1) is 25.8 Å². The fourth-order valence-electron chi connectivity index (χ4n) is 2.47. The topological polar surface area (TPSA) is 0 Å². The van der Waals surface area contributed by atoms with Crippen LogP contribution in [0.25, 0.3) is 27.6 Å². The fraction of sp³-hybridized carbons (Fsp3) is 0. The van der Waals surface area contributed by atoms with Gasteiger partial charge < -0.3 is 43.5 Å². The normalized spacial score (nSPS) is 8.57. The first-order valence-corrected chi connectivity index (χ1v) is 8.26. The molecule has 0 aliphatic rings. The summed E-state index contributed by atoms with van der Waals surface area (Å²) in [5, 5.41) is 5.30. The van der Waals surface area contributed by atoms with Crippen molar-refractivity contribution in [2.75, 3.05) is 0 Å². The summed E-state index contributed by atoms with van der Waals surface area (Å²) in [7, 11) is 0. The molecule has 0 fully saturated rings. The number of allylic oxidation sites excluding steroid dienone is 2. The third kappa shape index (κ3) is 7.93. The molecule has 0 aliphatic carbocycles. The zero-order valence-corrected chi connectivity index (χ0v) is 21.2. The zero-order valence-electron chi connectivity index (χ0n) is 15.4. The Morgan fingerprint density at radius 2 is 1.04 bits per heavy atom. The SMILES string of the molecule is [CH-]=CC=[CH-].[CH-]=Cc1[c-]cccc1.[W+2].[W+2].c1ccc2c(c1)ccc1ccccc12. The molecule has 0 unspecified atom stereocenters. The van der Waals surface area contributed by atoms with Gasteiger partial charge in [-0.2, -0.15) is 12.1 Å². The second kappa shape index (κ2) is 15.0. The van der Waals surface area contributed by atoms with Crippen LogP contribution in [0.2, 0.25) is 0 Å². The van der Waals surface area contributed by atoms with Crippen molar-refractivity contribution in [2.24, 2.45) is 0 Å². The van der Waals surface area contributed by atoms with E-state index in [9.17, 15) is 0 Å². The summed E-state index contributed by atoms with van der Waals surface area (Å²) in [6.07, 6.45) is 4.08. The van der Waals surface area contributed by atoms with Crippen LogP contribution >= 0.6 is 0 Å². The van der Waals surface area contributed by atoms with Crippen molar-refractivity contribution in [1.29, 1.82) is 0 Å². The van der Waals surface area contributed by atoms with Gasteiger partial charge in [0.05, 0.1) is 0 Å². The maximum atomic E-state index is 5.19. The molecule has 4 aromatic carbocycles. The van der Waals surface area contributed by atoms with Crippen molar-refractivity contribution < 1.29 is 42.1 Å². The third-order valence-corrected chi connectivity index (χ3v) is 3.68. The molecule has 0 saturated carbocycles. The predicted molar refractivity (Wildman–Crippen MR) is 113 cm³/mol. The number of hydrogen-bond acceptors (Lipinski definition) is 0. The number of hydrogen-bond donors (Lipinski definition) is 0. The Balaban J connectivity index is 0.000000450. The van der Waals surface area contributed by atoms with E-state index in [1.165, 1.54) is 39.8 Å². The molecule has 0 N–H and O–H groups in total. The van der Waals surface area contributed by atoms with E-state index < -0.39 is 0 Å². The molecule has 0 atom stereocenters. The summed E-state index contributed by atoms with van der Waals surface area (Å²) >= 11 is 0. The van der Waals surface area contributed by atoms with Crippen LogP contribution in [0.1, 0.15) is 5.56 Å². The van der Waals surface area contributed by atoms with Gasteiger partial charge in [0.2, 0.25) is 0 Å². The summed E-state index contributed by atoms with van der Waals surface area (Å²) in [6.45, 7) is 14.6. The van der Waals surface area contributed by atoms with Gasteiger partial charge in [-0.25, -0.2) is 12.1 Å². The maximum absolute atomic E-state index is 5.19. The van der Waals surface area contributed by atoms with E-state index in [2.05, 4.69) is 66.7 Å². The molecule has 2 heteroatoms. The average molecular weight is 700 g/mol. The van der Waals surface area contributed by atoms with Crippen molar-refractivity contribution in [1.82, 2.24) is 0 Å². The van der Waals surface area contributed by atoms with E-state index in [4.69, 9.17) is 19.7 Å². The van der Waals surface area contributed by atoms with Crippen molar-refractivity contribution in [3.05, 3.63) is 128 Å². The van der Waals surface area contributed by atoms with E-state index in [0.717, 1.165) is 5.56 Å². The Labute approximate surface area is 197 Å². The van der Waals surface area contributed by atoms with Crippen molar-refractivity contribution in [3.63, 3.8) is 0 Å². The van der Waals surface area contributed by atoms with Crippen LogP contribution in [0.5, 0.6) is 0 Å². The van der Waals surface area contributed by atoms with Gasteiger partial charge in [-0.05, 0) is 21.5 Å². The first-order chi connectivity index (χ1) is 12.8. The molecular formula is C26H20W2. The van der Waals surface area contributed by atoms with Gasteiger partial charge in [-0.1, -0.05) is 60.7 Å². The van der Waals surface area contributed by atoms with Crippen molar-refractivity contribution in [3.8, 4) is 0 Å². The minimum Gasteiger partial charge on any atom is -0.394 e. The van der Waals surface area contributed by atoms with Gasteiger partial charge in [0.1, 0.15) is 0 Å². The minimum absolute atomic E-state index is 0. The molecule has 0 aliphatic heterocycles. The summed E-state index contributed by atoms with van der Waals surface area (Å²) < 4.78 is 0. The van der Waals surface area contributed by atoms with Crippen LogP contribution in [0.4, 0.5) is 0 Å². The molecule has 0 aromatic heterocycles. The molecule has 0 saturated heterocycles. The molecule has 4 aromatic rings. The Bertz CT molecular complexity index is 928. The molecule has 28 heavy (non-hydrogen) atoms. The second-order valence-electron chi connectivity index (χ2n) is 5.38. The summed E-state index contributed by atoms with van der Waals surface area (Å²) in [4.78, 5) is 0. The Morgan fingerprint density at radius 3 is 1.39 bits per heavy atom. The van der Waals surface area contributed by atoms with Gasteiger partial charge in [-0.15, -0.1) is 6.07 Å². The Hall–Kier alpha value is -2.00. The summed E-state index contributed by atoms with van der Waals surface area (Å²) in [5.41, 5.74) is 0.938. The molecule has 0 radical (unpaired) electrons.